The number of hydrogen-bond acceptors (Lipinski definition) is 5. The summed E-state index contributed by atoms with van der Waals surface area (Å²) in [6.07, 6.45) is 0. The van der Waals surface area contributed by atoms with Gasteiger partial charge in [0.25, 0.3) is 0 Å². The summed E-state index contributed by atoms with van der Waals surface area (Å²) in [5.41, 5.74) is 0. The molecular formula is C16H34BrNO5Si. The van der Waals surface area contributed by atoms with Gasteiger partial charge in [0.1, 0.15) is 0 Å². The monoisotopic (exact) mass is 427 g/mol. The number of hydrogen-bond donors (Lipinski definition) is 1. The topological polar surface area (TPSA) is 66.0 Å². The molecule has 0 heterocycles. The summed E-state index contributed by atoms with van der Waals surface area (Å²) < 4.78 is 22.3. The van der Waals surface area contributed by atoms with Crippen molar-refractivity contribution in [2.75, 3.05) is 58.1 Å². The van der Waals surface area contributed by atoms with Crippen molar-refractivity contribution in [1.82, 2.24) is 5.32 Å². The molecule has 0 saturated heterocycles. The first-order chi connectivity index (χ1) is 11.2. The van der Waals surface area contributed by atoms with E-state index >= 15 is 0 Å². The summed E-state index contributed by atoms with van der Waals surface area (Å²) in [6.45, 7) is 15.5. The van der Waals surface area contributed by atoms with E-state index in [0.29, 0.717) is 58.1 Å². The Morgan fingerprint density at radius 1 is 0.917 bits per heavy atom. The minimum atomic E-state index is -1.67. The van der Waals surface area contributed by atoms with Crippen molar-refractivity contribution in [3.05, 3.63) is 0 Å². The highest BCUT2D eigenvalue weighted by atomic mass is 79.9. The average Bonchev–Trinajstić information content (AvgIpc) is 2.50. The zero-order chi connectivity index (χ0) is 18.5. The molecule has 0 aromatic carbocycles. The van der Waals surface area contributed by atoms with Crippen molar-refractivity contribution in [2.45, 2.75) is 38.9 Å². The van der Waals surface area contributed by atoms with Gasteiger partial charge in [-0.25, -0.2) is 0 Å². The lowest BCUT2D eigenvalue weighted by Gasteiger charge is -2.36. The van der Waals surface area contributed by atoms with Crippen LogP contribution in [-0.4, -0.2) is 72.3 Å². The predicted octanol–water partition coefficient (Wildman–Crippen LogP) is 2.57. The van der Waals surface area contributed by atoms with Crippen molar-refractivity contribution < 1.29 is 23.4 Å². The van der Waals surface area contributed by atoms with Crippen LogP contribution in [-0.2, 0) is 23.4 Å². The first-order valence-corrected chi connectivity index (χ1v) is 12.4. The summed E-state index contributed by atoms with van der Waals surface area (Å²) >= 11 is 3.08. The fourth-order valence-electron chi connectivity index (χ4n) is 1.42. The molecule has 0 rings (SSSR count). The number of carbonyl (C=O) groups excluding carboxylic acids is 1. The van der Waals surface area contributed by atoms with Crippen molar-refractivity contribution in [3.8, 4) is 0 Å². The van der Waals surface area contributed by atoms with Gasteiger partial charge in [-0.1, -0.05) is 36.7 Å². The highest BCUT2D eigenvalue weighted by molar-refractivity contribution is 9.09. The van der Waals surface area contributed by atoms with Crippen LogP contribution in [0, 0.1) is 0 Å². The van der Waals surface area contributed by atoms with E-state index in [-0.39, 0.29) is 10.9 Å². The summed E-state index contributed by atoms with van der Waals surface area (Å²) in [7, 11) is -1.67. The van der Waals surface area contributed by atoms with E-state index in [1.165, 1.54) is 0 Å². The molecule has 0 unspecified atom stereocenters. The van der Waals surface area contributed by atoms with Crippen LogP contribution in [0.2, 0.25) is 18.1 Å². The molecule has 0 aliphatic rings. The molecule has 6 nitrogen and oxygen atoms in total. The van der Waals surface area contributed by atoms with Crippen molar-refractivity contribution >= 4 is 30.2 Å². The third kappa shape index (κ3) is 12.4. The number of amides is 1. The molecule has 0 radical (unpaired) electrons. The SMILES string of the molecule is CC(C)(C)[Si](C)(C)OCCOCCOCCOCCNC(=O)CBr. The lowest BCUT2D eigenvalue weighted by Crippen LogP contribution is -2.41. The number of alkyl halides is 1. The quantitative estimate of drug-likeness (QED) is 0.262. The predicted molar refractivity (Wildman–Crippen MR) is 102 cm³/mol. The standard InChI is InChI=1S/C16H34BrNO5Si/c1-16(2,3)24(4,5)23-13-12-22-11-10-21-9-8-20-7-6-18-15(19)14-17/h6-14H2,1-5H3,(H,18,19). The van der Waals surface area contributed by atoms with Crippen LogP contribution in [0.3, 0.4) is 0 Å². The second-order valence-electron chi connectivity index (χ2n) is 6.93. The summed E-state index contributed by atoms with van der Waals surface area (Å²) in [6, 6.07) is 0. The van der Waals surface area contributed by atoms with Crippen LogP contribution in [0.25, 0.3) is 0 Å². The van der Waals surface area contributed by atoms with Crippen LogP contribution < -0.4 is 5.32 Å². The van der Waals surface area contributed by atoms with Crippen molar-refractivity contribution in [1.29, 1.82) is 0 Å². The van der Waals surface area contributed by atoms with Crippen LogP contribution in [0.4, 0.5) is 0 Å². The fraction of sp³-hybridized carbons (Fsp3) is 0.938. The van der Waals surface area contributed by atoms with E-state index in [0.717, 1.165) is 0 Å². The first-order valence-electron chi connectivity index (χ1n) is 8.40. The molecule has 0 aromatic heterocycles. The lowest BCUT2D eigenvalue weighted by molar-refractivity contribution is -0.118. The van der Waals surface area contributed by atoms with Crippen LogP contribution >= 0.6 is 15.9 Å². The fourth-order valence-corrected chi connectivity index (χ4v) is 2.65. The van der Waals surface area contributed by atoms with E-state index < -0.39 is 8.32 Å². The largest absolute Gasteiger partial charge is 0.414 e. The van der Waals surface area contributed by atoms with Gasteiger partial charge in [-0.2, -0.15) is 0 Å². The molecule has 0 aliphatic carbocycles. The normalized spacial score (nSPS) is 12.4. The molecule has 144 valence electrons. The van der Waals surface area contributed by atoms with E-state index in [1.807, 2.05) is 0 Å². The Labute approximate surface area is 156 Å². The molecule has 0 saturated carbocycles. The number of halogens is 1. The Balaban J connectivity index is 3.31. The Bertz CT molecular complexity index is 337. The summed E-state index contributed by atoms with van der Waals surface area (Å²) in [5.74, 6) is -0.0375. The summed E-state index contributed by atoms with van der Waals surface area (Å²) in [4.78, 5) is 10.9. The van der Waals surface area contributed by atoms with Gasteiger partial charge in [-0.15, -0.1) is 0 Å². The molecule has 1 amide bonds. The van der Waals surface area contributed by atoms with E-state index in [1.54, 1.807) is 0 Å². The number of ether oxygens (including phenoxy) is 3. The van der Waals surface area contributed by atoms with E-state index in [9.17, 15) is 4.79 Å². The number of nitrogens with one attached hydrogen (secondary N) is 1. The smallest absolute Gasteiger partial charge is 0.230 e. The molecule has 8 heteroatoms. The number of carbonyl (C=O) groups is 1. The van der Waals surface area contributed by atoms with Gasteiger partial charge in [0.05, 0.1) is 51.6 Å². The average molecular weight is 428 g/mol. The summed E-state index contributed by atoms with van der Waals surface area (Å²) in [5, 5.41) is 3.25. The van der Waals surface area contributed by atoms with Crippen molar-refractivity contribution in [3.63, 3.8) is 0 Å². The van der Waals surface area contributed by atoms with E-state index in [4.69, 9.17) is 18.6 Å². The lowest BCUT2D eigenvalue weighted by atomic mass is 10.2. The first kappa shape index (κ1) is 24.0. The van der Waals surface area contributed by atoms with Crippen molar-refractivity contribution in [2.24, 2.45) is 0 Å². The highest BCUT2D eigenvalue weighted by Gasteiger charge is 2.36. The Morgan fingerprint density at radius 3 is 1.83 bits per heavy atom. The van der Waals surface area contributed by atoms with Gasteiger partial charge in [-0.3, -0.25) is 4.79 Å². The minimum Gasteiger partial charge on any atom is -0.414 e. The van der Waals surface area contributed by atoms with Gasteiger partial charge >= 0.3 is 0 Å². The maximum absolute atomic E-state index is 10.9. The molecule has 0 aromatic rings. The van der Waals surface area contributed by atoms with Crippen LogP contribution in [0.15, 0.2) is 0 Å². The Hall–Kier alpha value is 0.00688. The maximum Gasteiger partial charge on any atom is 0.230 e. The number of rotatable bonds is 14. The molecule has 24 heavy (non-hydrogen) atoms. The second kappa shape index (κ2) is 13.2. The zero-order valence-corrected chi connectivity index (χ0v) is 18.4. The van der Waals surface area contributed by atoms with Crippen LogP contribution in [0.5, 0.6) is 0 Å². The third-order valence-corrected chi connectivity index (χ3v) is 8.98. The maximum atomic E-state index is 10.9. The molecular weight excluding hydrogens is 394 g/mol. The minimum absolute atomic E-state index is 0.0375. The highest BCUT2D eigenvalue weighted by Crippen LogP contribution is 2.36. The molecule has 0 fully saturated rings. The Morgan fingerprint density at radius 2 is 1.38 bits per heavy atom. The zero-order valence-electron chi connectivity index (χ0n) is 15.8. The molecule has 0 aliphatic heterocycles. The third-order valence-electron chi connectivity index (χ3n) is 3.93. The molecule has 0 spiro atoms. The van der Waals surface area contributed by atoms with Gasteiger partial charge in [0, 0.05) is 6.54 Å². The van der Waals surface area contributed by atoms with Gasteiger partial charge < -0.3 is 24.0 Å². The molecule has 0 atom stereocenters. The second-order valence-corrected chi connectivity index (χ2v) is 12.3. The Kier molecular flexibility index (Phi) is 13.2. The van der Waals surface area contributed by atoms with E-state index in [2.05, 4.69) is 55.1 Å². The van der Waals surface area contributed by atoms with Gasteiger partial charge in [0.15, 0.2) is 8.32 Å². The molecule has 1 N–H and O–H groups in total. The van der Waals surface area contributed by atoms with Gasteiger partial charge in [-0.05, 0) is 18.1 Å². The molecule has 0 bridgehead atoms. The van der Waals surface area contributed by atoms with Gasteiger partial charge in [0.2, 0.25) is 5.91 Å². The van der Waals surface area contributed by atoms with Crippen LogP contribution in [0.1, 0.15) is 20.8 Å².